The molecule has 0 radical (unpaired) electrons. The van der Waals surface area contributed by atoms with Crippen LogP contribution in [-0.2, 0) is 9.47 Å². The average Bonchev–Trinajstić information content (AvgIpc) is 3.11. The van der Waals surface area contributed by atoms with Crippen LogP contribution in [0.25, 0.3) is 5.65 Å². The maximum absolute atomic E-state index is 12.2. The van der Waals surface area contributed by atoms with Gasteiger partial charge in [0.2, 0.25) is 5.95 Å². The van der Waals surface area contributed by atoms with Crippen molar-refractivity contribution in [1.29, 1.82) is 0 Å². The van der Waals surface area contributed by atoms with E-state index in [0.717, 1.165) is 0 Å². The zero-order chi connectivity index (χ0) is 21.4. The van der Waals surface area contributed by atoms with Crippen molar-refractivity contribution in [3.8, 4) is 0 Å². The molecular formula is C19H26IN5O4. The van der Waals surface area contributed by atoms with Crippen LogP contribution in [0, 0.1) is 3.57 Å². The highest BCUT2D eigenvalue weighted by Gasteiger charge is 2.34. The van der Waals surface area contributed by atoms with E-state index in [4.69, 9.17) is 9.47 Å². The molecule has 3 heterocycles. The molecule has 0 aromatic carbocycles. The van der Waals surface area contributed by atoms with Crippen LogP contribution in [0.5, 0.6) is 0 Å². The minimum Gasteiger partial charge on any atom is -0.464 e. The quantitative estimate of drug-likeness (QED) is 0.496. The van der Waals surface area contributed by atoms with E-state index in [0.29, 0.717) is 41.1 Å². The van der Waals surface area contributed by atoms with Crippen molar-refractivity contribution in [3.63, 3.8) is 0 Å². The number of piperidine rings is 1. The number of hydrogen-bond acceptors (Lipinski definition) is 7. The molecule has 2 aromatic heterocycles. The third-order valence-corrected chi connectivity index (χ3v) is 5.80. The predicted molar refractivity (Wildman–Crippen MR) is 116 cm³/mol. The Labute approximate surface area is 183 Å². The molecule has 1 N–H and O–H groups in total. The summed E-state index contributed by atoms with van der Waals surface area (Å²) >= 11 is 2.06. The number of nitrogens with zero attached hydrogens (tertiary/aromatic N) is 4. The summed E-state index contributed by atoms with van der Waals surface area (Å²) in [5.41, 5.74) is 0.00316. The van der Waals surface area contributed by atoms with Gasteiger partial charge in [-0.25, -0.2) is 19.6 Å². The summed E-state index contributed by atoms with van der Waals surface area (Å²) in [6, 6.07) is 0. The molecule has 2 aromatic rings. The number of nitrogens with one attached hydrogen (secondary N) is 1. The molecular weight excluding hydrogens is 489 g/mol. The van der Waals surface area contributed by atoms with Crippen molar-refractivity contribution in [2.45, 2.75) is 51.7 Å². The molecule has 1 amide bonds. The van der Waals surface area contributed by atoms with Crippen LogP contribution in [0.3, 0.4) is 0 Å². The Hall–Kier alpha value is -2.11. The minimum atomic E-state index is -0.538. The number of methoxy groups -OCH3 is 1. The summed E-state index contributed by atoms with van der Waals surface area (Å²) in [5.74, 6) is 0.146. The van der Waals surface area contributed by atoms with Gasteiger partial charge in [0.1, 0.15) is 5.60 Å². The number of rotatable bonds is 3. The second kappa shape index (κ2) is 7.96. The average molecular weight is 515 g/mol. The van der Waals surface area contributed by atoms with Gasteiger partial charge in [-0.15, -0.1) is 0 Å². The van der Waals surface area contributed by atoms with E-state index >= 15 is 0 Å². The molecule has 1 fully saturated rings. The molecule has 1 aliphatic heterocycles. The summed E-state index contributed by atoms with van der Waals surface area (Å²) in [4.78, 5) is 35.4. The highest BCUT2D eigenvalue weighted by molar-refractivity contribution is 14.1. The minimum absolute atomic E-state index is 0.252. The normalized spacial score (nSPS) is 16.6. The third kappa shape index (κ3) is 4.73. The standard InChI is InChI=1S/C19H26IN5O4/c1-18(2,3)29-17(27)23-19(4)6-9-24(10-7-19)16-22-13(15(26)28-5)12(20)14-21-8-11-25(14)16/h8,11H,6-7,9-10H2,1-5H3,(H,23,27). The SMILES string of the molecule is COC(=O)c1nc(N2CCC(C)(NC(=O)OC(C)(C)C)CC2)n2ccnc2c1I. The molecule has 9 nitrogen and oxygen atoms in total. The largest absolute Gasteiger partial charge is 0.464 e. The second-order valence-electron chi connectivity index (χ2n) is 8.36. The number of hydrogen-bond donors (Lipinski definition) is 1. The van der Waals surface area contributed by atoms with Gasteiger partial charge in [-0.3, -0.25) is 4.40 Å². The Balaban J connectivity index is 1.80. The van der Waals surface area contributed by atoms with Gasteiger partial charge in [-0.2, -0.15) is 0 Å². The fraction of sp³-hybridized carbons (Fsp3) is 0.579. The monoisotopic (exact) mass is 515 g/mol. The lowest BCUT2D eigenvalue weighted by molar-refractivity contribution is 0.0447. The first kappa shape index (κ1) is 21.6. The first-order valence-corrected chi connectivity index (χ1v) is 10.5. The smallest absolute Gasteiger partial charge is 0.408 e. The first-order chi connectivity index (χ1) is 13.5. The van der Waals surface area contributed by atoms with Crippen LogP contribution in [0.2, 0.25) is 0 Å². The molecule has 0 spiro atoms. The summed E-state index contributed by atoms with van der Waals surface area (Å²) in [5, 5.41) is 3.00. The van der Waals surface area contributed by atoms with Crippen molar-refractivity contribution in [2.24, 2.45) is 0 Å². The van der Waals surface area contributed by atoms with Crippen molar-refractivity contribution < 1.29 is 19.1 Å². The summed E-state index contributed by atoms with van der Waals surface area (Å²) in [6.45, 7) is 8.86. The van der Waals surface area contributed by atoms with Gasteiger partial charge in [0.05, 0.1) is 10.7 Å². The Bertz CT molecular complexity index is 929. The lowest BCUT2D eigenvalue weighted by Gasteiger charge is -2.40. The maximum atomic E-state index is 12.2. The van der Waals surface area contributed by atoms with Gasteiger partial charge in [-0.05, 0) is 63.1 Å². The highest BCUT2D eigenvalue weighted by Crippen LogP contribution is 2.28. The molecule has 29 heavy (non-hydrogen) atoms. The van der Waals surface area contributed by atoms with Crippen molar-refractivity contribution >= 4 is 46.2 Å². The number of carbonyl (C=O) groups excluding carboxylic acids is 2. The fourth-order valence-corrected chi connectivity index (χ4v) is 4.01. The molecule has 0 saturated carbocycles. The van der Waals surface area contributed by atoms with Crippen molar-refractivity contribution in [3.05, 3.63) is 21.7 Å². The number of ether oxygens (including phenoxy) is 2. The van der Waals surface area contributed by atoms with E-state index in [-0.39, 0.29) is 11.2 Å². The number of amides is 1. The summed E-state index contributed by atoms with van der Waals surface area (Å²) in [7, 11) is 1.34. The van der Waals surface area contributed by atoms with Crippen LogP contribution >= 0.6 is 22.6 Å². The predicted octanol–water partition coefficient (Wildman–Crippen LogP) is 3.00. The maximum Gasteiger partial charge on any atom is 0.408 e. The van der Waals surface area contributed by atoms with Gasteiger partial charge < -0.3 is 19.7 Å². The van der Waals surface area contributed by atoms with Crippen LogP contribution in [0.1, 0.15) is 51.0 Å². The zero-order valence-electron chi connectivity index (χ0n) is 17.3. The molecule has 1 aliphatic rings. The Morgan fingerprint density at radius 2 is 1.93 bits per heavy atom. The van der Waals surface area contributed by atoms with E-state index in [2.05, 4.69) is 42.8 Å². The van der Waals surface area contributed by atoms with Gasteiger partial charge in [0.15, 0.2) is 11.3 Å². The Morgan fingerprint density at radius 1 is 1.28 bits per heavy atom. The summed E-state index contributed by atoms with van der Waals surface area (Å²) < 4.78 is 12.8. The van der Waals surface area contributed by atoms with Gasteiger partial charge in [0, 0.05) is 31.0 Å². The molecule has 1 saturated heterocycles. The topological polar surface area (TPSA) is 98.1 Å². The van der Waals surface area contributed by atoms with E-state index in [1.807, 2.05) is 38.3 Å². The fourth-order valence-electron chi connectivity index (χ4n) is 3.27. The molecule has 0 aliphatic carbocycles. The number of imidazole rings is 1. The Morgan fingerprint density at radius 3 is 2.52 bits per heavy atom. The number of carbonyl (C=O) groups is 2. The Kier molecular flexibility index (Phi) is 5.93. The lowest BCUT2D eigenvalue weighted by atomic mass is 9.90. The number of aromatic nitrogens is 3. The molecule has 158 valence electrons. The van der Waals surface area contributed by atoms with E-state index in [1.54, 1.807) is 6.20 Å². The molecule has 0 unspecified atom stereocenters. The van der Waals surface area contributed by atoms with Crippen molar-refractivity contribution in [2.75, 3.05) is 25.1 Å². The van der Waals surface area contributed by atoms with Crippen LogP contribution in [0.15, 0.2) is 12.4 Å². The van der Waals surface area contributed by atoms with Crippen LogP contribution in [0.4, 0.5) is 10.7 Å². The van der Waals surface area contributed by atoms with Crippen LogP contribution in [-0.4, -0.2) is 57.8 Å². The number of alkyl carbamates (subject to hydrolysis) is 1. The molecule has 3 rings (SSSR count). The number of anilines is 1. The van der Waals surface area contributed by atoms with Crippen molar-refractivity contribution in [1.82, 2.24) is 19.7 Å². The zero-order valence-corrected chi connectivity index (χ0v) is 19.4. The number of esters is 1. The van der Waals surface area contributed by atoms with E-state index < -0.39 is 17.7 Å². The first-order valence-electron chi connectivity index (χ1n) is 9.40. The highest BCUT2D eigenvalue weighted by atomic mass is 127. The lowest BCUT2D eigenvalue weighted by Crippen LogP contribution is -2.54. The second-order valence-corrected chi connectivity index (χ2v) is 9.44. The van der Waals surface area contributed by atoms with E-state index in [9.17, 15) is 9.59 Å². The van der Waals surface area contributed by atoms with Gasteiger partial charge >= 0.3 is 12.1 Å². The van der Waals surface area contributed by atoms with Gasteiger partial charge in [-0.1, -0.05) is 0 Å². The third-order valence-electron chi connectivity index (χ3n) is 4.80. The van der Waals surface area contributed by atoms with Gasteiger partial charge in [0.25, 0.3) is 0 Å². The summed E-state index contributed by atoms with van der Waals surface area (Å²) in [6.07, 6.45) is 4.52. The molecule has 10 heteroatoms. The van der Waals surface area contributed by atoms with Crippen LogP contribution < -0.4 is 10.2 Å². The number of halogens is 1. The molecule has 0 atom stereocenters. The molecule has 0 bridgehead atoms. The number of fused-ring (bicyclic) bond motifs is 1. The van der Waals surface area contributed by atoms with E-state index in [1.165, 1.54) is 7.11 Å².